The van der Waals surface area contributed by atoms with E-state index in [2.05, 4.69) is 33.1 Å². The number of hydrogen-bond donors (Lipinski definition) is 1. The van der Waals surface area contributed by atoms with E-state index in [9.17, 15) is 4.39 Å². The van der Waals surface area contributed by atoms with Crippen LogP contribution < -0.4 is 4.90 Å². The predicted octanol–water partition coefficient (Wildman–Crippen LogP) is 3.78. The van der Waals surface area contributed by atoms with Crippen molar-refractivity contribution in [2.75, 3.05) is 11.4 Å². The molecule has 3 aromatic rings. The zero-order chi connectivity index (χ0) is 14.9. The number of benzene rings is 2. The van der Waals surface area contributed by atoms with Crippen LogP contribution in [0.1, 0.15) is 11.3 Å². The number of anilines is 1. The Balaban J connectivity index is 1.68. The fourth-order valence-electron chi connectivity index (χ4n) is 3.03. The topological polar surface area (TPSA) is 31.9 Å². The number of hydrogen-bond acceptors (Lipinski definition) is 2. The number of fused-ring (bicyclic) bond motifs is 1. The Morgan fingerprint density at radius 3 is 2.86 bits per heavy atom. The third-order valence-corrected chi connectivity index (χ3v) is 4.14. The highest BCUT2D eigenvalue weighted by Gasteiger charge is 2.20. The molecule has 0 fully saturated rings. The molecule has 1 aliphatic heterocycles. The number of halogens is 1. The van der Waals surface area contributed by atoms with Crippen molar-refractivity contribution in [2.24, 2.45) is 0 Å². The summed E-state index contributed by atoms with van der Waals surface area (Å²) in [6.07, 6.45) is 4.67. The molecule has 0 bridgehead atoms. The van der Waals surface area contributed by atoms with Gasteiger partial charge in [0.15, 0.2) is 0 Å². The summed E-state index contributed by atoms with van der Waals surface area (Å²) in [4.78, 5) is 9.62. The molecule has 0 unspecified atom stereocenters. The Morgan fingerprint density at radius 1 is 1.14 bits per heavy atom. The largest absolute Gasteiger partial charge is 0.365 e. The van der Waals surface area contributed by atoms with Crippen LogP contribution in [0.4, 0.5) is 10.1 Å². The van der Waals surface area contributed by atoms with E-state index < -0.39 is 0 Å². The van der Waals surface area contributed by atoms with Gasteiger partial charge in [0.05, 0.1) is 18.6 Å². The van der Waals surface area contributed by atoms with Crippen LogP contribution in [-0.2, 0) is 13.0 Å². The van der Waals surface area contributed by atoms with E-state index in [0.29, 0.717) is 0 Å². The lowest BCUT2D eigenvalue weighted by Crippen LogP contribution is -2.19. The number of imidazole rings is 1. The van der Waals surface area contributed by atoms with E-state index in [1.54, 1.807) is 18.5 Å². The summed E-state index contributed by atoms with van der Waals surface area (Å²) in [5.41, 5.74) is 5.56. The molecule has 0 saturated carbocycles. The summed E-state index contributed by atoms with van der Waals surface area (Å²) in [5, 5.41) is 0. The minimum absolute atomic E-state index is 0.202. The van der Waals surface area contributed by atoms with Crippen molar-refractivity contribution in [1.82, 2.24) is 9.97 Å². The van der Waals surface area contributed by atoms with Crippen LogP contribution in [0.3, 0.4) is 0 Å². The second-order valence-corrected chi connectivity index (χ2v) is 5.59. The molecule has 22 heavy (non-hydrogen) atoms. The molecule has 0 atom stereocenters. The van der Waals surface area contributed by atoms with Gasteiger partial charge in [-0.1, -0.05) is 24.3 Å². The molecular weight excluding hydrogens is 277 g/mol. The van der Waals surface area contributed by atoms with E-state index in [0.717, 1.165) is 36.3 Å². The van der Waals surface area contributed by atoms with Gasteiger partial charge in [-0.05, 0) is 41.3 Å². The standard InChI is InChI=1S/C18H16FN3/c19-16-3-1-2-14(8-16)15-5-4-13-6-7-22(18(13)9-15)11-17-10-20-12-21-17/h1-5,8-10,12H,6-7,11H2,(H,20,21). The lowest BCUT2D eigenvalue weighted by molar-refractivity contribution is 0.628. The number of nitrogens with zero attached hydrogens (tertiary/aromatic N) is 2. The molecular formula is C18H16FN3. The third-order valence-electron chi connectivity index (χ3n) is 4.14. The smallest absolute Gasteiger partial charge is 0.123 e. The molecule has 3 nitrogen and oxygen atoms in total. The first kappa shape index (κ1) is 13.1. The highest BCUT2D eigenvalue weighted by atomic mass is 19.1. The Hall–Kier alpha value is -2.62. The average Bonchev–Trinajstić information content (AvgIpc) is 3.18. The van der Waals surface area contributed by atoms with Gasteiger partial charge in [0.2, 0.25) is 0 Å². The zero-order valence-electron chi connectivity index (χ0n) is 12.1. The molecule has 110 valence electrons. The maximum absolute atomic E-state index is 13.4. The third kappa shape index (κ3) is 2.37. The van der Waals surface area contributed by atoms with Crippen molar-refractivity contribution in [1.29, 1.82) is 0 Å². The molecule has 1 aromatic heterocycles. The van der Waals surface area contributed by atoms with Crippen molar-refractivity contribution in [3.8, 4) is 11.1 Å². The summed E-state index contributed by atoms with van der Waals surface area (Å²) in [5.74, 6) is -0.202. The van der Waals surface area contributed by atoms with Crippen molar-refractivity contribution in [3.05, 3.63) is 72.1 Å². The van der Waals surface area contributed by atoms with Gasteiger partial charge in [-0.2, -0.15) is 0 Å². The Morgan fingerprint density at radius 2 is 2.05 bits per heavy atom. The minimum atomic E-state index is -0.202. The molecule has 2 heterocycles. The van der Waals surface area contributed by atoms with E-state index in [1.165, 1.54) is 17.3 Å². The van der Waals surface area contributed by atoms with Crippen LogP contribution in [0.5, 0.6) is 0 Å². The summed E-state index contributed by atoms with van der Waals surface area (Å²) in [6, 6.07) is 13.1. The van der Waals surface area contributed by atoms with Crippen LogP contribution >= 0.6 is 0 Å². The van der Waals surface area contributed by atoms with Crippen molar-refractivity contribution < 1.29 is 4.39 Å². The highest BCUT2D eigenvalue weighted by molar-refractivity contribution is 5.72. The Labute approximate surface area is 128 Å². The van der Waals surface area contributed by atoms with Crippen molar-refractivity contribution >= 4 is 5.69 Å². The van der Waals surface area contributed by atoms with Gasteiger partial charge in [0.25, 0.3) is 0 Å². The monoisotopic (exact) mass is 293 g/mol. The molecule has 1 aliphatic rings. The molecule has 0 amide bonds. The molecule has 4 heteroatoms. The number of aromatic nitrogens is 2. The highest BCUT2D eigenvalue weighted by Crippen LogP contribution is 2.33. The number of nitrogens with one attached hydrogen (secondary N) is 1. The van der Waals surface area contributed by atoms with Crippen LogP contribution in [0.15, 0.2) is 55.0 Å². The number of H-pyrrole nitrogens is 1. The van der Waals surface area contributed by atoms with Gasteiger partial charge in [0, 0.05) is 18.4 Å². The van der Waals surface area contributed by atoms with Crippen LogP contribution in [0.25, 0.3) is 11.1 Å². The fraction of sp³-hybridized carbons (Fsp3) is 0.167. The molecule has 4 rings (SSSR count). The SMILES string of the molecule is Fc1cccc(-c2ccc3c(c2)N(Cc2c[nH]cn2)CC3)c1. The Kier molecular flexibility index (Phi) is 3.15. The summed E-state index contributed by atoms with van der Waals surface area (Å²) < 4.78 is 13.4. The number of aromatic amines is 1. The lowest BCUT2D eigenvalue weighted by Gasteiger charge is -2.19. The van der Waals surface area contributed by atoms with Gasteiger partial charge in [-0.25, -0.2) is 9.37 Å². The quantitative estimate of drug-likeness (QED) is 0.797. The number of rotatable bonds is 3. The molecule has 2 aromatic carbocycles. The maximum atomic E-state index is 13.4. The van der Waals surface area contributed by atoms with Crippen LogP contribution in [0.2, 0.25) is 0 Å². The average molecular weight is 293 g/mol. The normalized spacial score (nSPS) is 13.4. The summed E-state index contributed by atoms with van der Waals surface area (Å²) >= 11 is 0. The summed E-state index contributed by atoms with van der Waals surface area (Å²) in [7, 11) is 0. The van der Waals surface area contributed by atoms with Crippen molar-refractivity contribution in [2.45, 2.75) is 13.0 Å². The lowest BCUT2D eigenvalue weighted by atomic mass is 10.0. The van der Waals surface area contributed by atoms with Gasteiger partial charge in [-0.3, -0.25) is 0 Å². The molecule has 0 spiro atoms. The zero-order valence-corrected chi connectivity index (χ0v) is 12.1. The summed E-state index contributed by atoms with van der Waals surface area (Å²) in [6.45, 7) is 1.79. The first-order valence-corrected chi connectivity index (χ1v) is 7.41. The molecule has 0 radical (unpaired) electrons. The van der Waals surface area contributed by atoms with E-state index in [4.69, 9.17) is 0 Å². The minimum Gasteiger partial charge on any atom is -0.365 e. The molecule has 0 aliphatic carbocycles. The Bertz CT molecular complexity index is 796. The molecule has 0 saturated heterocycles. The fourth-order valence-corrected chi connectivity index (χ4v) is 3.03. The van der Waals surface area contributed by atoms with Gasteiger partial charge in [0.1, 0.15) is 5.82 Å². The van der Waals surface area contributed by atoms with Crippen molar-refractivity contribution in [3.63, 3.8) is 0 Å². The first-order valence-electron chi connectivity index (χ1n) is 7.41. The first-order chi connectivity index (χ1) is 10.8. The predicted molar refractivity (Wildman–Crippen MR) is 85.2 cm³/mol. The van der Waals surface area contributed by atoms with Crippen LogP contribution in [0, 0.1) is 5.82 Å². The van der Waals surface area contributed by atoms with Crippen LogP contribution in [-0.4, -0.2) is 16.5 Å². The second-order valence-electron chi connectivity index (χ2n) is 5.59. The second kappa shape index (κ2) is 5.30. The van der Waals surface area contributed by atoms with Gasteiger partial charge < -0.3 is 9.88 Å². The van der Waals surface area contributed by atoms with E-state index in [1.807, 2.05) is 12.3 Å². The van der Waals surface area contributed by atoms with E-state index >= 15 is 0 Å². The van der Waals surface area contributed by atoms with E-state index in [-0.39, 0.29) is 5.82 Å². The molecule has 1 N–H and O–H groups in total. The van der Waals surface area contributed by atoms with Gasteiger partial charge in [-0.15, -0.1) is 0 Å². The maximum Gasteiger partial charge on any atom is 0.123 e. The van der Waals surface area contributed by atoms with Gasteiger partial charge >= 0.3 is 0 Å².